The SMILES string of the molecule is NCc1nnnn1-c1ccc(Br)c(Cl)c1. The second-order valence-corrected chi connectivity index (χ2v) is 4.07. The van der Waals surface area contributed by atoms with E-state index in [1.165, 1.54) is 0 Å². The topological polar surface area (TPSA) is 69.6 Å². The summed E-state index contributed by atoms with van der Waals surface area (Å²) in [6.07, 6.45) is 0. The van der Waals surface area contributed by atoms with E-state index in [1.54, 1.807) is 10.7 Å². The van der Waals surface area contributed by atoms with Crippen molar-refractivity contribution in [1.29, 1.82) is 0 Å². The minimum Gasteiger partial charge on any atom is -0.324 e. The van der Waals surface area contributed by atoms with Gasteiger partial charge in [0.1, 0.15) is 0 Å². The number of halogens is 2. The fraction of sp³-hybridized carbons (Fsp3) is 0.125. The quantitative estimate of drug-likeness (QED) is 0.910. The predicted molar refractivity (Wildman–Crippen MR) is 59.8 cm³/mol. The van der Waals surface area contributed by atoms with Crippen LogP contribution in [0.4, 0.5) is 0 Å². The van der Waals surface area contributed by atoms with E-state index >= 15 is 0 Å². The number of hydrogen-bond acceptors (Lipinski definition) is 4. The van der Waals surface area contributed by atoms with Gasteiger partial charge >= 0.3 is 0 Å². The van der Waals surface area contributed by atoms with E-state index in [-0.39, 0.29) is 6.54 Å². The number of tetrazole rings is 1. The molecule has 2 rings (SSSR count). The molecule has 0 unspecified atom stereocenters. The van der Waals surface area contributed by atoms with Gasteiger partial charge in [0.25, 0.3) is 0 Å². The summed E-state index contributed by atoms with van der Waals surface area (Å²) in [5.41, 5.74) is 6.28. The predicted octanol–water partition coefficient (Wildman–Crippen LogP) is 1.54. The summed E-state index contributed by atoms with van der Waals surface area (Å²) in [6, 6.07) is 5.45. The van der Waals surface area contributed by atoms with E-state index in [1.807, 2.05) is 12.1 Å². The summed E-state index contributed by atoms with van der Waals surface area (Å²) in [4.78, 5) is 0. The van der Waals surface area contributed by atoms with E-state index in [0.29, 0.717) is 10.8 Å². The van der Waals surface area contributed by atoms with Crippen LogP contribution in [0.25, 0.3) is 5.69 Å². The molecule has 0 aliphatic carbocycles. The number of rotatable bonds is 2. The highest BCUT2D eigenvalue weighted by Crippen LogP contribution is 2.24. The molecule has 0 spiro atoms. The van der Waals surface area contributed by atoms with Crippen molar-refractivity contribution in [1.82, 2.24) is 20.2 Å². The Bertz CT molecular complexity index is 484. The van der Waals surface area contributed by atoms with Crippen molar-refractivity contribution in [3.05, 3.63) is 33.5 Å². The minimum absolute atomic E-state index is 0.278. The highest BCUT2D eigenvalue weighted by Gasteiger charge is 2.07. The molecule has 5 nitrogen and oxygen atoms in total. The Morgan fingerprint density at radius 1 is 1.47 bits per heavy atom. The maximum Gasteiger partial charge on any atom is 0.170 e. The van der Waals surface area contributed by atoms with Crippen LogP contribution in [0.2, 0.25) is 5.02 Å². The van der Waals surface area contributed by atoms with Gasteiger partial charge in [0.2, 0.25) is 0 Å². The van der Waals surface area contributed by atoms with Gasteiger partial charge < -0.3 is 5.73 Å². The van der Waals surface area contributed by atoms with Crippen LogP contribution < -0.4 is 5.73 Å². The van der Waals surface area contributed by atoms with Crippen molar-refractivity contribution in [2.45, 2.75) is 6.54 Å². The highest BCUT2D eigenvalue weighted by molar-refractivity contribution is 9.10. The molecule has 0 saturated carbocycles. The van der Waals surface area contributed by atoms with Crippen LogP contribution in [0, 0.1) is 0 Å². The van der Waals surface area contributed by atoms with Crippen LogP contribution in [0.1, 0.15) is 5.82 Å². The van der Waals surface area contributed by atoms with Crippen LogP contribution in [0.3, 0.4) is 0 Å². The van der Waals surface area contributed by atoms with Crippen LogP contribution in [0.15, 0.2) is 22.7 Å². The largest absolute Gasteiger partial charge is 0.324 e. The summed E-state index contributed by atoms with van der Waals surface area (Å²) in [6.45, 7) is 0.278. The zero-order valence-corrected chi connectivity index (χ0v) is 9.90. The molecule has 0 aliphatic rings. The molecule has 0 fully saturated rings. The van der Waals surface area contributed by atoms with Gasteiger partial charge in [-0.2, -0.15) is 4.68 Å². The van der Waals surface area contributed by atoms with Gasteiger partial charge in [0, 0.05) is 4.47 Å². The molecular weight excluding hydrogens is 281 g/mol. The molecule has 0 bridgehead atoms. The average Bonchev–Trinajstić information content (AvgIpc) is 2.70. The first kappa shape index (κ1) is 10.5. The van der Waals surface area contributed by atoms with Gasteiger partial charge in [-0.25, -0.2) is 0 Å². The maximum atomic E-state index is 5.97. The van der Waals surface area contributed by atoms with Gasteiger partial charge in [0.05, 0.1) is 17.3 Å². The molecule has 0 amide bonds. The maximum absolute atomic E-state index is 5.97. The van der Waals surface area contributed by atoms with Gasteiger partial charge in [-0.05, 0) is 44.6 Å². The number of nitrogens with two attached hydrogens (primary N) is 1. The van der Waals surface area contributed by atoms with Crippen molar-refractivity contribution in [2.75, 3.05) is 0 Å². The lowest BCUT2D eigenvalue weighted by molar-refractivity contribution is 0.761. The average molecular weight is 289 g/mol. The lowest BCUT2D eigenvalue weighted by Gasteiger charge is -2.03. The van der Waals surface area contributed by atoms with E-state index in [2.05, 4.69) is 31.5 Å². The van der Waals surface area contributed by atoms with E-state index < -0.39 is 0 Å². The smallest absolute Gasteiger partial charge is 0.170 e. The Kier molecular flexibility index (Phi) is 2.99. The van der Waals surface area contributed by atoms with Gasteiger partial charge in [-0.1, -0.05) is 11.6 Å². The first-order valence-electron chi connectivity index (χ1n) is 4.15. The fourth-order valence-electron chi connectivity index (χ4n) is 1.15. The molecule has 2 aromatic rings. The van der Waals surface area contributed by atoms with Crippen LogP contribution in [-0.4, -0.2) is 20.2 Å². The second kappa shape index (κ2) is 4.26. The summed E-state index contributed by atoms with van der Waals surface area (Å²) < 4.78 is 2.38. The monoisotopic (exact) mass is 287 g/mol. The van der Waals surface area contributed by atoms with E-state index in [0.717, 1.165) is 10.2 Å². The zero-order valence-electron chi connectivity index (χ0n) is 7.56. The van der Waals surface area contributed by atoms with Gasteiger partial charge in [0.15, 0.2) is 5.82 Å². The van der Waals surface area contributed by atoms with Crippen molar-refractivity contribution < 1.29 is 0 Å². The summed E-state index contributed by atoms with van der Waals surface area (Å²) in [5.74, 6) is 0.591. The Balaban J connectivity index is 2.50. The number of nitrogens with zero attached hydrogens (tertiary/aromatic N) is 4. The van der Waals surface area contributed by atoms with E-state index in [9.17, 15) is 0 Å². The Morgan fingerprint density at radius 2 is 2.27 bits per heavy atom. The zero-order chi connectivity index (χ0) is 10.8. The van der Waals surface area contributed by atoms with Crippen molar-refractivity contribution in [3.63, 3.8) is 0 Å². The molecule has 0 saturated heterocycles. The molecule has 1 aromatic carbocycles. The lowest BCUT2D eigenvalue weighted by atomic mass is 10.3. The van der Waals surface area contributed by atoms with Crippen molar-refractivity contribution in [2.24, 2.45) is 5.73 Å². The van der Waals surface area contributed by atoms with Gasteiger partial charge in [-0.3, -0.25) is 0 Å². The molecule has 2 N–H and O–H groups in total. The second-order valence-electron chi connectivity index (χ2n) is 2.81. The highest BCUT2D eigenvalue weighted by atomic mass is 79.9. The first-order chi connectivity index (χ1) is 7.22. The first-order valence-corrected chi connectivity index (χ1v) is 5.32. The Morgan fingerprint density at radius 3 is 2.93 bits per heavy atom. The molecule has 7 heteroatoms. The van der Waals surface area contributed by atoms with Crippen LogP contribution >= 0.6 is 27.5 Å². The van der Waals surface area contributed by atoms with E-state index in [4.69, 9.17) is 17.3 Å². The third-order valence-electron chi connectivity index (χ3n) is 1.86. The standard InChI is InChI=1S/C8H7BrClN5/c9-6-2-1-5(3-7(6)10)15-8(4-11)12-13-14-15/h1-3H,4,11H2. The molecule has 0 atom stereocenters. The Hall–Kier alpha value is -0.980. The summed E-state index contributed by atoms with van der Waals surface area (Å²) in [5, 5.41) is 11.8. The summed E-state index contributed by atoms with van der Waals surface area (Å²) >= 11 is 9.28. The third-order valence-corrected chi connectivity index (χ3v) is 3.10. The molecule has 0 radical (unpaired) electrons. The molecular formula is C8H7BrClN5. The molecule has 78 valence electrons. The van der Waals surface area contributed by atoms with Crippen molar-refractivity contribution >= 4 is 27.5 Å². The number of benzene rings is 1. The summed E-state index contributed by atoms with van der Waals surface area (Å²) in [7, 11) is 0. The lowest BCUT2D eigenvalue weighted by Crippen LogP contribution is -2.07. The normalized spacial score (nSPS) is 10.6. The third kappa shape index (κ3) is 2.01. The van der Waals surface area contributed by atoms with Crippen LogP contribution in [-0.2, 0) is 6.54 Å². The van der Waals surface area contributed by atoms with Crippen molar-refractivity contribution in [3.8, 4) is 5.69 Å². The molecule has 1 heterocycles. The molecule has 0 aliphatic heterocycles. The Labute approximate surface area is 99.3 Å². The number of hydrogen-bond donors (Lipinski definition) is 1. The minimum atomic E-state index is 0.278. The molecule has 1 aromatic heterocycles. The number of aromatic nitrogens is 4. The fourth-order valence-corrected chi connectivity index (χ4v) is 1.57. The van der Waals surface area contributed by atoms with Crippen LogP contribution in [0.5, 0.6) is 0 Å². The molecule has 15 heavy (non-hydrogen) atoms. The van der Waals surface area contributed by atoms with Gasteiger partial charge in [-0.15, -0.1) is 5.10 Å².